The van der Waals surface area contributed by atoms with Crippen LogP contribution in [-0.2, 0) is 0 Å². The third-order valence-electron chi connectivity index (χ3n) is 4.83. The molecule has 1 aromatic carbocycles. The highest BCUT2D eigenvalue weighted by Crippen LogP contribution is 2.25. The summed E-state index contributed by atoms with van der Waals surface area (Å²) in [6.07, 6.45) is 2.11. The summed E-state index contributed by atoms with van der Waals surface area (Å²) in [5, 5.41) is 0. The number of para-hydroxylation sites is 1. The van der Waals surface area contributed by atoms with E-state index in [2.05, 4.69) is 6.92 Å². The van der Waals surface area contributed by atoms with E-state index in [1.165, 1.54) is 6.07 Å². The van der Waals surface area contributed by atoms with E-state index in [9.17, 15) is 9.18 Å². The molecule has 1 fully saturated rings. The minimum absolute atomic E-state index is 0.0626. The number of aryl methyl sites for hydroxylation is 1. The van der Waals surface area contributed by atoms with Gasteiger partial charge in [-0.05, 0) is 50.8 Å². The van der Waals surface area contributed by atoms with Crippen LogP contribution in [0.25, 0.3) is 5.69 Å². The molecule has 3 rings (SSSR count). The molecule has 0 unspecified atom stereocenters. The van der Waals surface area contributed by atoms with E-state index < -0.39 is 0 Å². The van der Waals surface area contributed by atoms with Crippen LogP contribution in [0.3, 0.4) is 0 Å². The molecule has 122 valence electrons. The predicted molar refractivity (Wildman–Crippen MR) is 89.5 cm³/mol. The van der Waals surface area contributed by atoms with Crippen LogP contribution in [0, 0.1) is 25.6 Å². The standard InChI is InChI=1S/C19H23FN2O/c1-13-8-10-21(11-9-13)19(23)16-12-14(2)22(15(16)3)18-7-5-4-6-17(18)20/h4-7,12-13H,8-11H2,1-3H3. The maximum Gasteiger partial charge on any atom is 0.255 e. The largest absolute Gasteiger partial charge is 0.339 e. The lowest BCUT2D eigenvalue weighted by Crippen LogP contribution is -2.38. The number of piperidine rings is 1. The summed E-state index contributed by atoms with van der Waals surface area (Å²) in [6, 6.07) is 8.55. The number of hydrogen-bond acceptors (Lipinski definition) is 1. The van der Waals surface area contributed by atoms with Gasteiger partial charge in [-0.25, -0.2) is 4.39 Å². The SMILES string of the molecule is Cc1cc(C(=O)N2CCC(C)CC2)c(C)n1-c1ccccc1F. The third kappa shape index (κ3) is 2.90. The van der Waals surface area contributed by atoms with Crippen molar-refractivity contribution in [1.29, 1.82) is 0 Å². The molecule has 0 saturated carbocycles. The van der Waals surface area contributed by atoms with E-state index in [1.807, 2.05) is 35.4 Å². The average molecular weight is 314 g/mol. The zero-order chi connectivity index (χ0) is 16.6. The zero-order valence-electron chi connectivity index (χ0n) is 14.0. The van der Waals surface area contributed by atoms with E-state index in [4.69, 9.17) is 0 Å². The first-order valence-corrected chi connectivity index (χ1v) is 8.22. The quantitative estimate of drug-likeness (QED) is 0.819. The smallest absolute Gasteiger partial charge is 0.255 e. The molecule has 0 atom stereocenters. The number of carbonyl (C=O) groups excluding carboxylic acids is 1. The Kier molecular flexibility index (Phi) is 4.24. The normalized spacial score (nSPS) is 15.9. The molecule has 1 saturated heterocycles. The number of likely N-dealkylation sites (tertiary alicyclic amines) is 1. The maximum atomic E-state index is 14.1. The fraction of sp³-hybridized carbons (Fsp3) is 0.421. The Bertz CT molecular complexity index is 727. The summed E-state index contributed by atoms with van der Waals surface area (Å²) in [7, 11) is 0. The van der Waals surface area contributed by atoms with Crippen molar-refractivity contribution >= 4 is 5.91 Å². The number of halogens is 1. The zero-order valence-corrected chi connectivity index (χ0v) is 14.0. The summed E-state index contributed by atoms with van der Waals surface area (Å²) in [5.41, 5.74) is 2.85. The van der Waals surface area contributed by atoms with Crippen molar-refractivity contribution in [3.05, 3.63) is 53.1 Å². The van der Waals surface area contributed by atoms with Crippen molar-refractivity contribution in [3.63, 3.8) is 0 Å². The Morgan fingerprint density at radius 1 is 1.17 bits per heavy atom. The Morgan fingerprint density at radius 2 is 1.83 bits per heavy atom. The van der Waals surface area contributed by atoms with Gasteiger partial charge in [0, 0.05) is 24.5 Å². The van der Waals surface area contributed by atoms with Crippen molar-refractivity contribution in [1.82, 2.24) is 9.47 Å². The summed E-state index contributed by atoms with van der Waals surface area (Å²) in [4.78, 5) is 14.8. The molecule has 1 aromatic heterocycles. The van der Waals surface area contributed by atoms with Crippen LogP contribution in [0.4, 0.5) is 4.39 Å². The van der Waals surface area contributed by atoms with Gasteiger partial charge in [-0.3, -0.25) is 4.79 Å². The van der Waals surface area contributed by atoms with E-state index in [0.29, 0.717) is 17.2 Å². The molecule has 4 heteroatoms. The van der Waals surface area contributed by atoms with Crippen LogP contribution in [0.15, 0.2) is 30.3 Å². The Hall–Kier alpha value is -2.10. The second kappa shape index (κ2) is 6.19. The highest BCUT2D eigenvalue weighted by molar-refractivity contribution is 5.96. The number of carbonyl (C=O) groups is 1. The number of rotatable bonds is 2. The first-order valence-electron chi connectivity index (χ1n) is 8.22. The molecule has 0 aliphatic carbocycles. The fourth-order valence-electron chi connectivity index (χ4n) is 3.37. The second-order valence-electron chi connectivity index (χ2n) is 6.55. The molecule has 1 aliphatic rings. The van der Waals surface area contributed by atoms with Gasteiger partial charge >= 0.3 is 0 Å². The molecule has 2 heterocycles. The molecule has 0 bridgehead atoms. The molecule has 1 aliphatic heterocycles. The van der Waals surface area contributed by atoms with Crippen molar-refractivity contribution in [2.24, 2.45) is 5.92 Å². The third-order valence-corrected chi connectivity index (χ3v) is 4.83. The molecular weight excluding hydrogens is 291 g/mol. The van der Waals surface area contributed by atoms with Crippen LogP contribution in [0.2, 0.25) is 0 Å². The minimum Gasteiger partial charge on any atom is -0.339 e. The van der Waals surface area contributed by atoms with Gasteiger partial charge in [0.1, 0.15) is 5.82 Å². The Morgan fingerprint density at radius 3 is 2.48 bits per heavy atom. The number of aromatic nitrogens is 1. The summed E-state index contributed by atoms with van der Waals surface area (Å²) < 4.78 is 16.0. The summed E-state index contributed by atoms with van der Waals surface area (Å²) in [5.74, 6) is 0.470. The van der Waals surface area contributed by atoms with Gasteiger partial charge in [-0.2, -0.15) is 0 Å². The lowest BCUT2D eigenvalue weighted by atomic mass is 9.98. The molecule has 0 spiro atoms. The van der Waals surface area contributed by atoms with Crippen molar-refractivity contribution in [3.8, 4) is 5.69 Å². The van der Waals surface area contributed by atoms with E-state index in [-0.39, 0.29) is 11.7 Å². The highest BCUT2D eigenvalue weighted by atomic mass is 19.1. The molecule has 1 amide bonds. The van der Waals surface area contributed by atoms with Gasteiger partial charge in [-0.15, -0.1) is 0 Å². The number of amides is 1. The lowest BCUT2D eigenvalue weighted by molar-refractivity contribution is 0.0696. The van der Waals surface area contributed by atoms with Gasteiger partial charge in [-0.1, -0.05) is 19.1 Å². The van der Waals surface area contributed by atoms with Gasteiger partial charge < -0.3 is 9.47 Å². The maximum absolute atomic E-state index is 14.1. The average Bonchev–Trinajstić information content (AvgIpc) is 2.83. The van der Waals surface area contributed by atoms with Crippen LogP contribution in [0.5, 0.6) is 0 Å². The fourth-order valence-corrected chi connectivity index (χ4v) is 3.37. The molecule has 23 heavy (non-hydrogen) atoms. The second-order valence-corrected chi connectivity index (χ2v) is 6.55. The topological polar surface area (TPSA) is 25.2 Å². The van der Waals surface area contributed by atoms with Crippen LogP contribution < -0.4 is 0 Å². The minimum atomic E-state index is -0.278. The summed E-state index contributed by atoms with van der Waals surface area (Å²) >= 11 is 0. The Labute approximate surface area is 136 Å². The molecule has 3 nitrogen and oxygen atoms in total. The van der Waals surface area contributed by atoms with Crippen molar-refractivity contribution in [2.75, 3.05) is 13.1 Å². The highest BCUT2D eigenvalue weighted by Gasteiger charge is 2.25. The molecule has 0 radical (unpaired) electrons. The van der Waals surface area contributed by atoms with Gasteiger partial charge in [0.2, 0.25) is 0 Å². The lowest BCUT2D eigenvalue weighted by Gasteiger charge is -2.30. The summed E-state index contributed by atoms with van der Waals surface area (Å²) in [6.45, 7) is 7.65. The molecule has 0 N–H and O–H groups in total. The van der Waals surface area contributed by atoms with Crippen LogP contribution in [-0.4, -0.2) is 28.5 Å². The predicted octanol–water partition coefficient (Wildman–Crippen LogP) is 4.11. The van der Waals surface area contributed by atoms with Crippen molar-refractivity contribution < 1.29 is 9.18 Å². The van der Waals surface area contributed by atoms with Crippen LogP contribution in [0.1, 0.15) is 41.5 Å². The molecular formula is C19H23FN2O. The first kappa shape index (κ1) is 15.8. The van der Waals surface area contributed by atoms with E-state index in [0.717, 1.165) is 37.3 Å². The Balaban J connectivity index is 1.95. The van der Waals surface area contributed by atoms with Crippen LogP contribution >= 0.6 is 0 Å². The number of benzene rings is 1. The van der Waals surface area contributed by atoms with Gasteiger partial charge in [0.25, 0.3) is 5.91 Å². The van der Waals surface area contributed by atoms with Gasteiger partial charge in [0.15, 0.2) is 0 Å². The van der Waals surface area contributed by atoms with E-state index >= 15 is 0 Å². The van der Waals surface area contributed by atoms with E-state index in [1.54, 1.807) is 12.1 Å². The van der Waals surface area contributed by atoms with Crippen molar-refractivity contribution in [2.45, 2.75) is 33.6 Å². The van der Waals surface area contributed by atoms with Gasteiger partial charge in [0.05, 0.1) is 11.3 Å². The number of hydrogen-bond donors (Lipinski definition) is 0. The number of nitrogens with zero attached hydrogens (tertiary/aromatic N) is 2. The monoisotopic (exact) mass is 314 g/mol. The molecule has 2 aromatic rings. The first-order chi connectivity index (χ1) is 11.0.